The van der Waals surface area contributed by atoms with Gasteiger partial charge in [0.15, 0.2) is 0 Å². The lowest BCUT2D eigenvalue weighted by Crippen LogP contribution is -2.14. The monoisotopic (exact) mass is 1610 g/mol. The van der Waals surface area contributed by atoms with Crippen LogP contribution in [-0.2, 0) is 0 Å². The van der Waals surface area contributed by atoms with Gasteiger partial charge in [-0.15, -0.1) is 0 Å². The Morgan fingerprint density at radius 3 is 0.299 bits per heavy atom. The Kier molecular flexibility index (Phi) is 238. The molecule has 0 nitrogen and oxygen atoms in total. The maximum atomic E-state index is 2.12. The average molecular weight is 1610 g/mol. The minimum absolute atomic E-state index is 1.12. The lowest BCUT2D eigenvalue weighted by Gasteiger charge is -2.28. The van der Waals surface area contributed by atoms with Crippen molar-refractivity contribution >= 4 is 10.8 Å². The normalized spacial score (nSPS) is 9.78. The van der Waals surface area contributed by atoms with Crippen LogP contribution >= 0.6 is 0 Å². The molecule has 0 saturated heterocycles. The first kappa shape index (κ1) is 147. The van der Waals surface area contributed by atoms with Crippen LogP contribution in [0.15, 0.2) is 340 Å². The van der Waals surface area contributed by atoms with Crippen molar-refractivity contribution in [2.45, 2.75) is 384 Å². The van der Waals surface area contributed by atoms with Crippen LogP contribution in [-0.4, -0.2) is 0 Å². The topological polar surface area (TPSA) is 0 Å². The van der Waals surface area contributed by atoms with E-state index in [4.69, 9.17) is 0 Å². The highest BCUT2D eigenvalue weighted by Crippen LogP contribution is 2.35. The molecule has 13 rings (SSSR count). The second-order valence-electron chi connectivity index (χ2n) is 21.8. The molecule has 3 aliphatic rings. The third-order valence-corrected chi connectivity index (χ3v) is 12.6. The van der Waals surface area contributed by atoms with Crippen molar-refractivity contribution < 1.29 is 0 Å². The third-order valence-electron chi connectivity index (χ3n) is 12.6. The Labute approximate surface area is 741 Å². The molecular weight excluding hydrogens is 1410 g/mol. The molecule has 0 aromatic heterocycles. The standard InChI is InChI=1S/C13H24.C10H8.C6H12.8C6H6.4C3H8.14C2H6/c1-3-7-12(8-4-1)11-13-9-5-2-6-10-13;1-2-6-10-8-4-3-7-9(10)5-1;9*1-2-4-6-5-3-1;4*1-3-2;14*1-2/h12-13H,1-11H2;1-8H;1-6H2;8*1-6H;4*3H2,1-2H3;14*1-2H3. The van der Waals surface area contributed by atoms with E-state index in [9.17, 15) is 0 Å². The third kappa shape index (κ3) is 172. The lowest BCUT2D eigenvalue weighted by atomic mass is 9.78. The van der Waals surface area contributed by atoms with Gasteiger partial charge < -0.3 is 0 Å². The van der Waals surface area contributed by atoms with Crippen molar-refractivity contribution in [3.8, 4) is 0 Å². The van der Waals surface area contributed by atoms with Crippen molar-refractivity contribution in [2.75, 3.05) is 0 Å². The number of hydrogen-bond acceptors (Lipinski definition) is 0. The fourth-order valence-corrected chi connectivity index (χ4v) is 8.59. The molecule has 10 aromatic carbocycles. The molecule has 0 heterocycles. The zero-order valence-corrected chi connectivity index (χ0v) is 85.3. The fourth-order valence-electron chi connectivity index (χ4n) is 8.59. The lowest BCUT2D eigenvalue weighted by molar-refractivity contribution is 0.244. The highest BCUT2D eigenvalue weighted by molar-refractivity contribution is 5.82. The van der Waals surface area contributed by atoms with Crippen molar-refractivity contribution in [3.05, 3.63) is 340 Å². The highest BCUT2D eigenvalue weighted by Gasteiger charge is 2.20. The summed E-state index contributed by atoms with van der Waals surface area (Å²) in [5, 5.41) is 2.62. The number of hydrogen-bond donors (Lipinski definition) is 0. The van der Waals surface area contributed by atoms with Crippen LogP contribution in [0, 0.1) is 11.8 Å². The van der Waals surface area contributed by atoms with E-state index in [0.29, 0.717) is 0 Å². The van der Waals surface area contributed by atoms with Gasteiger partial charge in [-0.05, 0) is 29.0 Å². The largest absolute Gasteiger partial charge is 0.0683 e. The summed E-state index contributed by atoms with van der Waals surface area (Å²) in [6, 6.07) is 113. The predicted octanol–water partition coefficient (Wildman–Crippen LogP) is 43.2. The van der Waals surface area contributed by atoms with Crippen molar-refractivity contribution in [1.29, 1.82) is 0 Å². The second-order valence-corrected chi connectivity index (χ2v) is 21.8. The summed E-state index contributed by atoms with van der Waals surface area (Å²) in [6.07, 6.45) is 30.9. The van der Waals surface area contributed by atoms with Crippen molar-refractivity contribution in [3.63, 3.8) is 0 Å². The summed E-state index contributed by atoms with van der Waals surface area (Å²) in [4.78, 5) is 0. The molecular formula is C117H208. The number of fused-ring (bicyclic) bond motifs is 1. The summed E-state index contributed by atoms with van der Waals surface area (Å²) >= 11 is 0. The Bertz CT molecular complexity index is 1900. The van der Waals surface area contributed by atoms with Crippen molar-refractivity contribution in [2.24, 2.45) is 11.8 Å². The van der Waals surface area contributed by atoms with Gasteiger partial charge in [-0.1, -0.05) is 717 Å². The van der Waals surface area contributed by atoms with E-state index in [2.05, 4.69) is 104 Å². The molecule has 0 aliphatic heterocycles. The van der Waals surface area contributed by atoms with E-state index in [0.717, 1.165) is 11.8 Å². The smallest absolute Gasteiger partial charge is 0.0184 e. The summed E-state index contributed by atoms with van der Waals surface area (Å²) in [7, 11) is 0. The molecule has 0 atom stereocenters. The van der Waals surface area contributed by atoms with Gasteiger partial charge in [0.05, 0.1) is 0 Å². The molecule has 3 fully saturated rings. The number of rotatable bonds is 2. The molecule has 3 saturated carbocycles. The van der Waals surface area contributed by atoms with Gasteiger partial charge in [-0.25, -0.2) is 0 Å². The van der Waals surface area contributed by atoms with Gasteiger partial charge in [-0.2, -0.15) is 0 Å². The van der Waals surface area contributed by atoms with E-state index in [-0.39, 0.29) is 0 Å². The number of benzene rings is 10. The summed E-state index contributed by atoms with van der Waals surface area (Å²) in [5.41, 5.74) is 0. The van der Waals surface area contributed by atoms with Gasteiger partial charge in [0.25, 0.3) is 0 Å². The van der Waals surface area contributed by atoms with Crippen LogP contribution in [0.4, 0.5) is 0 Å². The van der Waals surface area contributed by atoms with Crippen LogP contribution in [0.1, 0.15) is 384 Å². The minimum Gasteiger partial charge on any atom is -0.0683 e. The first-order chi connectivity index (χ1) is 58.1. The summed E-state index contributed by atoms with van der Waals surface area (Å²) in [6.45, 7) is 73.0. The van der Waals surface area contributed by atoms with Crippen LogP contribution in [0.2, 0.25) is 0 Å². The summed E-state index contributed by atoms with van der Waals surface area (Å²) < 4.78 is 0. The highest BCUT2D eigenvalue weighted by atomic mass is 14.3. The van der Waals surface area contributed by atoms with Gasteiger partial charge in [0.2, 0.25) is 0 Å². The first-order valence-electron chi connectivity index (χ1n) is 48.5. The van der Waals surface area contributed by atoms with Gasteiger partial charge >= 0.3 is 0 Å². The molecule has 0 radical (unpaired) electrons. The zero-order chi connectivity index (χ0) is 92.8. The molecule has 0 heteroatoms. The van der Waals surface area contributed by atoms with Crippen LogP contribution in [0.3, 0.4) is 0 Å². The van der Waals surface area contributed by atoms with Gasteiger partial charge in [0.1, 0.15) is 0 Å². The van der Waals surface area contributed by atoms with E-state index >= 15 is 0 Å². The SMILES string of the molecule is C1CCC(CC2CCCCC2)CC1.C1CCCCC1.CC.CC.CC.CC.CC.CC.CC.CC.CC.CC.CC.CC.CC.CC.CCC.CCC.CCC.CCC.c1ccc2ccccc2c1.c1ccccc1.c1ccccc1.c1ccccc1.c1ccccc1.c1ccccc1.c1ccccc1.c1ccccc1.c1ccccc1. The Morgan fingerprint density at radius 1 is 0.137 bits per heavy atom. The average Bonchev–Trinajstić information content (AvgIpc) is 0.876. The van der Waals surface area contributed by atoms with Crippen LogP contribution < -0.4 is 0 Å². The van der Waals surface area contributed by atoms with Gasteiger partial charge in [-0.3, -0.25) is 0 Å². The quantitative estimate of drug-likeness (QED) is 0.162. The maximum Gasteiger partial charge on any atom is -0.0184 e. The van der Waals surface area contributed by atoms with E-state index in [1.165, 1.54) is 114 Å². The van der Waals surface area contributed by atoms with E-state index < -0.39 is 0 Å². The maximum absolute atomic E-state index is 2.12. The summed E-state index contributed by atoms with van der Waals surface area (Å²) in [5.74, 6) is 2.24. The molecule has 0 spiro atoms. The molecule has 3 aliphatic carbocycles. The molecule has 0 N–H and O–H groups in total. The molecule has 0 bridgehead atoms. The van der Waals surface area contributed by atoms with Crippen LogP contribution in [0.5, 0.6) is 0 Å². The molecule has 10 aromatic rings. The molecule has 0 unspecified atom stereocenters. The second kappa shape index (κ2) is 189. The molecule has 0 amide bonds. The Morgan fingerprint density at radius 2 is 0.214 bits per heavy atom. The van der Waals surface area contributed by atoms with E-state index in [1.54, 1.807) is 32.1 Å². The molecule has 117 heavy (non-hydrogen) atoms. The Hall–Kier alpha value is -7.54. The first-order valence-corrected chi connectivity index (χ1v) is 48.5. The van der Waals surface area contributed by atoms with Crippen LogP contribution in [0.25, 0.3) is 10.8 Å². The zero-order valence-electron chi connectivity index (χ0n) is 85.3. The fraction of sp³-hybridized carbons (Fsp3) is 0.504. The molecule has 676 valence electrons. The minimum atomic E-state index is 1.12. The Balaban J connectivity index is -0.0000000661. The van der Waals surface area contributed by atoms with Crippen molar-refractivity contribution in [1.82, 2.24) is 0 Å². The van der Waals surface area contributed by atoms with E-state index in [1.807, 2.05) is 485 Å². The predicted molar refractivity (Wildman–Crippen MR) is 564 cm³/mol. The van der Waals surface area contributed by atoms with Gasteiger partial charge in [0, 0.05) is 0 Å².